The molecule has 9 heteroatoms. The number of imide groups is 1. The van der Waals surface area contributed by atoms with Gasteiger partial charge in [-0.1, -0.05) is 53.5 Å². The molecule has 0 aromatic heterocycles. The van der Waals surface area contributed by atoms with Gasteiger partial charge in [0.15, 0.2) is 0 Å². The summed E-state index contributed by atoms with van der Waals surface area (Å²) in [6.07, 6.45) is 0. The summed E-state index contributed by atoms with van der Waals surface area (Å²) < 4.78 is 0. The first-order chi connectivity index (χ1) is 15.3. The number of carbonyl (C=O) groups excluding carboxylic acids is 4. The maximum atomic E-state index is 12.6. The Morgan fingerprint density at radius 1 is 0.750 bits per heavy atom. The van der Waals surface area contributed by atoms with Crippen molar-refractivity contribution in [2.24, 2.45) is 0 Å². The molecule has 3 aromatic carbocycles. The molecule has 0 bridgehead atoms. The summed E-state index contributed by atoms with van der Waals surface area (Å²) in [5.41, 5.74) is 1.33. The number of hydrogen-bond acceptors (Lipinski definition) is 4. The molecule has 7 nitrogen and oxygen atoms in total. The van der Waals surface area contributed by atoms with Crippen LogP contribution in [-0.2, 0) is 4.79 Å². The Kier molecular flexibility index (Phi) is 5.94. The molecule has 3 aromatic rings. The molecule has 4 amide bonds. The molecule has 0 spiro atoms. The van der Waals surface area contributed by atoms with Crippen molar-refractivity contribution < 1.29 is 19.2 Å². The lowest BCUT2D eigenvalue weighted by Gasteiger charge is -2.16. The topological polar surface area (TPSA) is 95.6 Å². The van der Waals surface area contributed by atoms with Gasteiger partial charge in [-0.15, -0.1) is 0 Å². The monoisotopic (exact) mass is 467 g/mol. The van der Waals surface area contributed by atoms with E-state index in [4.69, 9.17) is 23.2 Å². The fourth-order valence-electron chi connectivity index (χ4n) is 3.25. The Morgan fingerprint density at radius 2 is 1.25 bits per heavy atom. The van der Waals surface area contributed by atoms with Crippen LogP contribution in [0.15, 0.2) is 66.7 Å². The van der Waals surface area contributed by atoms with Crippen molar-refractivity contribution in [1.29, 1.82) is 0 Å². The SMILES string of the molecule is O=C(CN1C(=O)c2cc(Cl)c(Cl)cc2C1=O)Nc1ccccc1NC(=O)c1ccccc1. The molecule has 0 saturated heterocycles. The number of amides is 4. The smallest absolute Gasteiger partial charge is 0.262 e. The highest BCUT2D eigenvalue weighted by Crippen LogP contribution is 2.31. The van der Waals surface area contributed by atoms with E-state index in [1.54, 1.807) is 54.6 Å². The fraction of sp³-hybridized carbons (Fsp3) is 0.0435. The molecular formula is C23H15Cl2N3O4. The maximum Gasteiger partial charge on any atom is 0.262 e. The molecule has 0 radical (unpaired) electrons. The lowest BCUT2D eigenvalue weighted by molar-refractivity contribution is -0.116. The van der Waals surface area contributed by atoms with Crippen LogP contribution in [0.4, 0.5) is 11.4 Å². The third-order valence-corrected chi connectivity index (χ3v) is 5.52. The van der Waals surface area contributed by atoms with Crippen molar-refractivity contribution in [3.8, 4) is 0 Å². The molecule has 0 saturated carbocycles. The number of carbonyl (C=O) groups is 4. The van der Waals surface area contributed by atoms with Gasteiger partial charge < -0.3 is 10.6 Å². The molecule has 0 fully saturated rings. The zero-order chi connectivity index (χ0) is 22.8. The molecule has 0 unspecified atom stereocenters. The van der Waals surface area contributed by atoms with Crippen LogP contribution in [0.1, 0.15) is 31.1 Å². The predicted octanol–water partition coefficient (Wildman–Crippen LogP) is 4.48. The normalized spacial score (nSPS) is 12.5. The molecule has 1 heterocycles. The van der Waals surface area contributed by atoms with E-state index in [0.717, 1.165) is 4.90 Å². The van der Waals surface area contributed by atoms with Gasteiger partial charge in [0.2, 0.25) is 5.91 Å². The van der Waals surface area contributed by atoms with Crippen LogP contribution in [0.3, 0.4) is 0 Å². The number of fused-ring (bicyclic) bond motifs is 1. The van der Waals surface area contributed by atoms with E-state index in [1.165, 1.54) is 12.1 Å². The van der Waals surface area contributed by atoms with E-state index in [9.17, 15) is 19.2 Å². The number of benzene rings is 3. The second-order valence-electron chi connectivity index (χ2n) is 6.92. The minimum absolute atomic E-state index is 0.0905. The van der Waals surface area contributed by atoms with Crippen molar-refractivity contribution >= 4 is 58.2 Å². The van der Waals surface area contributed by atoms with Crippen LogP contribution in [0.5, 0.6) is 0 Å². The third kappa shape index (κ3) is 4.21. The van der Waals surface area contributed by atoms with Gasteiger partial charge in [-0.25, -0.2) is 0 Å². The second kappa shape index (κ2) is 8.82. The van der Waals surface area contributed by atoms with Crippen molar-refractivity contribution in [1.82, 2.24) is 4.90 Å². The molecule has 1 aliphatic rings. The Balaban J connectivity index is 1.48. The number of rotatable bonds is 5. The first kappa shape index (κ1) is 21.5. The van der Waals surface area contributed by atoms with Gasteiger partial charge in [0.05, 0.1) is 32.5 Å². The Labute approximate surface area is 192 Å². The number of anilines is 2. The Morgan fingerprint density at radius 3 is 1.81 bits per heavy atom. The summed E-state index contributed by atoms with van der Waals surface area (Å²) in [4.78, 5) is 51.1. The predicted molar refractivity (Wildman–Crippen MR) is 121 cm³/mol. The summed E-state index contributed by atoms with van der Waals surface area (Å²) in [7, 11) is 0. The van der Waals surface area contributed by atoms with E-state index < -0.39 is 24.3 Å². The van der Waals surface area contributed by atoms with E-state index in [0.29, 0.717) is 16.9 Å². The molecular weight excluding hydrogens is 453 g/mol. The lowest BCUT2D eigenvalue weighted by Crippen LogP contribution is -2.37. The van der Waals surface area contributed by atoms with Gasteiger partial charge in [0, 0.05) is 5.56 Å². The first-order valence-corrected chi connectivity index (χ1v) is 10.2. The zero-order valence-corrected chi connectivity index (χ0v) is 17.9. The summed E-state index contributed by atoms with van der Waals surface area (Å²) in [6, 6.07) is 17.8. The Hall–Kier alpha value is -3.68. The van der Waals surface area contributed by atoms with Crippen molar-refractivity contribution in [3.05, 3.63) is 93.5 Å². The number of hydrogen-bond donors (Lipinski definition) is 2. The summed E-state index contributed by atoms with van der Waals surface area (Å²) in [5.74, 6) is -2.23. The van der Waals surface area contributed by atoms with Crippen molar-refractivity contribution in [2.45, 2.75) is 0 Å². The van der Waals surface area contributed by atoms with E-state index in [2.05, 4.69) is 10.6 Å². The molecule has 2 N–H and O–H groups in total. The van der Waals surface area contributed by atoms with E-state index in [1.807, 2.05) is 0 Å². The van der Waals surface area contributed by atoms with Crippen molar-refractivity contribution in [2.75, 3.05) is 17.2 Å². The quantitative estimate of drug-likeness (QED) is 0.540. The van der Waals surface area contributed by atoms with E-state index >= 15 is 0 Å². The highest BCUT2D eigenvalue weighted by atomic mass is 35.5. The largest absolute Gasteiger partial charge is 0.323 e. The van der Waals surface area contributed by atoms with Crippen LogP contribution < -0.4 is 10.6 Å². The van der Waals surface area contributed by atoms with Crippen LogP contribution in [0.25, 0.3) is 0 Å². The molecule has 0 atom stereocenters. The zero-order valence-electron chi connectivity index (χ0n) is 16.4. The standard InChI is InChI=1S/C23H15Cl2N3O4/c24-16-10-14-15(11-17(16)25)23(32)28(22(14)31)12-20(29)26-18-8-4-5-9-19(18)27-21(30)13-6-2-1-3-7-13/h1-11H,12H2,(H,26,29)(H,27,30). The van der Waals surface area contributed by atoms with Crippen LogP contribution in [0.2, 0.25) is 10.0 Å². The third-order valence-electron chi connectivity index (χ3n) is 4.80. The first-order valence-electron chi connectivity index (χ1n) is 9.45. The molecule has 0 aliphatic carbocycles. The number of para-hydroxylation sites is 2. The summed E-state index contributed by atoms with van der Waals surface area (Å²) in [5, 5.41) is 5.65. The molecule has 4 rings (SSSR count). The average molecular weight is 468 g/mol. The van der Waals surface area contributed by atoms with Gasteiger partial charge in [-0.2, -0.15) is 0 Å². The molecule has 160 valence electrons. The second-order valence-corrected chi connectivity index (χ2v) is 7.74. The number of nitrogens with zero attached hydrogens (tertiary/aromatic N) is 1. The van der Waals surface area contributed by atoms with Gasteiger partial charge in [0.1, 0.15) is 6.54 Å². The minimum Gasteiger partial charge on any atom is -0.323 e. The summed E-state index contributed by atoms with van der Waals surface area (Å²) in [6.45, 7) is -0.511. The lowest BCUT2D eigenvalue weighted by atomic mass is 10.1. The minimum atomic E-state index is -0.635. The Bertz CT molecular complexity index is 1220. The fourth-order valence-corrected chi connectivity index (χ4v) is 3.57. The highest BCUT2D eigenvalue weighted by molar-refractivity contribution is 6.43. The van der Waals surface area contributed by atoms with Gasteiger partial charge in [0.25, 0.3) is 17.7 Å². The van der Waals surface area contributed by atoms with Crippen LogP contribution >= 0.6 is 23.2 Å². The average Bonchev–Trinajstić information content (AvgIpc) is 3.00. The van der Waals surface area contributed by atoms with Gasteiger partial charge in [-0.05, 0) is 36.4 Å². The molecule has 32 heavy (non-hydrogen) atoms. The van der Waals surface area contributed by atoms with Crippen LogP contribution in [0, 0.1) is 0 Å². The van der Waals surface area contributed by atoms with Crippen molar-refractivity contribution in [3.63, 3.8) is 0 Å². The number of halogens is 2. The van der Waals surface area contributed by atoms with Gasteiger partial charge in [-0.3, -0.25) is 24.1 Å². The highest BCUT2D eigenvalue weighted by Gasteiger charge is 2.37. The van der Waals surface area contributed by atoms with E-state index in [-0.39, 0.29) is 27.1 Å². The van der Waals surface area contributed by atoms with Gasteiger partial charge >= 0.3 is 0 Å². The van der Waals surface area contributed by atoms with Crippen LogP contribution in [-0.4, -0.2) is 35.1 Å². The maximum absolute atomic E-state index is 12.6. The number of nitrogens with one attached hydrogen (secondary N) is 2. The molecule has 1 aliphatic heterocycles. The summed E-state index contributed by atoms with van der Waals surface area (Å²) >= 11 is 11.9.